The smallest absolute Gasteiger partial charge is 0.153 e. The zero-order valence-corrected chi connectivity index (χ0v) is 30.4. The fraction of sp³-hybridized carbons (Fsp3) is 0.488. The molecule has 0 aliphatic heterocycles. The zero-order valence-electron chi connectivity index (χ0n) is 29.5. The lowest BCUT2D eigenvalue weighted by atomic mass is 9.77. The van der Waals surface area contributed by atoms with Crippen molar-refractivity contribution in [3.63, 3.8) is 0 Å². The molecule has 4 rings (SSSR count). The number of thiazole rings is 1. The third-order valence-electron chi connectivity index (χ3n) is 8.80. The van der Waals surface area contributed by atoms with Crippen LogP contribution >= 0.6 is 11.3 Å². The summed E-state index contributed by atoms with van der Waals surface area (Å²) in [7, 11) is 0. The highest BCUT2D eigenvalue weighted by molar-refractivity contribution is 7.09. The Hall–Kier alpha value is -2.71. The van der Waals surface area contributed by atoms with Crippen LogP contribution in [0.25, 0.3) is 27.9 Å². The summed E-state index contributed by atoms with van der Waals surface area (Å²) in [4.78, 5) is 1.47. The van der Waals surface area contributed by atoms with Gasteiger partial charge in [-0.1, -0.05) is 151 Å². The van der Waals surface area contributed by atoms with Crippen molar-refractivity contribution in [2.24, 2.45) is 0 Å². The molecule has 0 aliphatic rings. The first-order chi connectivity index (χ1) is 19.8. The van der Waals surface area contributed by atoms with E-state index in [-0.39, 0.29) is 21.7 Å². The summed E-state index contributed by atoms with van der Waals surface area (Å²) >= 11 is 1.90. The van der Waals surface area contributed by atoms with Crippen LogP contribution in [0.4, 0.5) is 0 Å². The molecule has 0 fully saturated rings. The summed E-state index contributed by atoms with van der Waals surface area (Å²) in [6.07, 6.45) is 2.06. The van der Waals surface area contributed by atoms with E-state index in [2.05, 4.69) is 162 Å². The Labute approximate surface area is 267 Å². The van der Waals surface area contributed by atoms with Gasteiger partial charge in [0.25, 0.3) is 0 Å². The van der Waals surface area contributed by atoms with Crippen LogP contribution in [0.1, 0.15) is 130 Å². The molecule has 0 unspecified atom stereocenters. The molecule has 1 nitrogen and oxygen atoms in total. The molecule has 1 heterocycles. The van der Waals surface area contributed by atoms with Gasteiger partial charge in [0.1, 0.15) is 0 Å². The first-order valence-corrected chi connectivity index (χ1v) is 17.1. The number of aryl methyl sites for hydroxylation is 1. The summed E-state index contributed by atoms with van der Waals surface area (Å²) in [5.41, 5.74) is 16.0. The molecular weight excluding hydrogens is 539 g/mol. The van der Waals surface area contributed by atoms with Crippen LogP contribution in [-0.2, 0) is 34.5 Å². The van der Waals surface area contributed by atoms with Gasteiger partial charge in [-0.3, -0.25) is 0 Å². The summed E-state index contributed by atoms with van der Waals surface area (Å²) in [6.45, 7) is 32.6. The second-order valence-corrected chi connectivity index (χ2v) is 17.4. The number of hydrogen-bond donors (Lipinski definition) is 0. The van der Waals surface area contributed by atoms with Gasteiger partial charge < -0.3 is 0 Å². The number of para-hydroxylation sites is 1. The van der Waals surface area contributed by atoms with Crippen LogP contribution < -0.4 is 4.57 Å². The van der Waals surface area contributed by atoms with Gasteiger partial charge in [0, 0.05) is 6.42 Å². The second kappa shape index (κ2) is 11.7. The molecule has 3 aromatic carbocycles. The van der Waals surface area contributed by atoms with Crippen LogP contribution in [-0.4, -0.2) is 0 Å². The predicted octanol–water partition coefficient (Wildman–Crippen LogP) is 11.7. The number of benzene rings is 3. The Morgan fingerprint density at radius 3 is 1.21 bits per heavy atom. The van der Waals surface area contributed by atoms with Gasteiger partial charge in [0.15, 0.2) is 0 Å². The average molecular weight is 595 g/mol. The zero-order chi connectivity index (χ0) is 32.1. The molecule has 4 aromatic rings. The van der Waals surface area contributed by atoms with Crippen molar-refractivity contribution in [2.75, 3.05) is 0 Å². The topological polar surface area (TPSA) is 3.88 Å². The highest BCUT2D eigenvalue weighted by atomic mass is 32.1. The average Bonchev–Trinajstić information content (AvgIpc) is 3.33. The Balaban J connectivity index is 2.18. The van der Waals surface area contributed by atoms with Crippen LogP contribution in [0.2, 0.25) is 0 Å². The van der Waals surface area contributed by atoms with Crippen molar-refractivity contribution in [2.45, 2.75) is 131 Å². The van der Waals surface area contributed by atoms with Gasteiger partial charge in [0.05, 0.1) is 16.0 Å². The summed E-state index contributed by atoms with van der Waals surface area (Å²) in [5, 5.41) is 0. The summed E-state index contributed by atoms with van der Waals surface area (Å²) in [5.74, 6) is 0. The standard InChI is InChI=1S/C41H56NS/c1-15-35-36(16-2)43-26-42(35)37-33(27-20-29(38(3,4)5)24-30(21-27)39(6,7)8)18-17-19-34(37)28-22-31(40(9,10)11)25-32(23-28)41(12,13)14/h17-26H,15-16H2,1-14H3/q+1. The largest absolute Gasteiger partial charge is 0.231 e. The van der Waals surface area contributed by atoms with Crippen LogP contribution in [0.15, 0.2) is 60.1 Å². The number of hydrogen-bond acceptors (Lipinski definition) is 1. The molecule has 0 bridgehead atoms. The summed E-state index contributed by atoms with van der Waals surface area (Å²) in [6, 6.07) is 21.6. The molecule has 0 saturated heterocycles. The van der Waals surface area contributed by atoms with E-state index in [0.717, 1.165) is 12.8 Å². The second-order valence-electron chi connectivity index (χ2n) is 16.5. The maximum absolute atomic E-state index is 2.52. The molecule has 2 heteroatoms. The van der Waals surface area contributed by atoms with E-state index in [4.69, 9.17) is 0 Å². The van der Waals surface area contributed by atoms with Crippen LogP contribution in [0.3, 0.4) is 0 Å². The Kier molecular flexibility index (Phi) is 9.00. The first-order valence-electron chi connectivity index (χ1n) is 16.2. The number of aromatic nitrogens is 1. The molecule has 0 spiro atoms. The summed E-state index contributed by atoms with van der Waals surface area (Å²) < 4.78 is 2.52. The number of nitrogens with zero attached hydrogens (tertiary/aromatic N) is 1. The van der Waals surface area contributed by atoms with Crippen molar-refractivity contribution >= 4 is 11.3 Å². The van der Waals surface area contributed by atoms with E-state index in [1.165, 1.54) is 60.8 Å². The molecule has 0 N–H and O–H groups in total. The van der Waals surface area contributed by atoms with Gasteiger partial charge in [0.2, 0.25) is 16.9 Å². The van der Waals surface area contributed by atoms with E-state index >= 15 is 0 Å². The minimum Gasteiger partial charge on any atom is -0.153 e. The van der Waals surface area contributed by atoms with Gasteiger partial charge in [-0.2, -0.15) is 4.57 Å². The fourth-order valence-corrected chi connectivity index (χ4v) is 6.80. The van der Waals surface area contributed by atoms with Gasteiger partial charge in [-0.25, -0.2) is 0 Å². The molecule has 230 valence electrons. The first kappa shape index (κ1) is 33.2. The highest BCUT2D eigenvalue weighted by Gasteiger charge is 2.30. The quantitative estimate of drug-likeness (QED) is 0.202. The van der Waals surface area contributed by atoms with E-state index in [0.29, 0.717) is 0 Å². The predicted molar refractivity (Wildman–Crippen MR) is 190 cm³/mol. The molecule has 43 heavy (non-hydrogen) atoms. The monoisotopic (exact) mass is 594 g/mol. The Bertz CT molecular complexity index is 1450. The van der Waals surface area contributed by atoms with Gasteiger partial charge >= 0.3 is 0 Å². The third kappa shape index (κ3) is 7.01. The van der Waals surface area contributed by atoms with Gasteiger partial charge in [-0.15, -0.1) is 0 Å². The van der Waals surface area contributed by atoms with Crippen molar-refractivity contribution in [1.29, 1.82) is 0 Å². The highest BCUT2D eigenvalue weighted by Crippen LogP contribution is 2.41. The maximum Gasteiger partial charge on any atom is 0.231 e. The third-order valence-corrected chi connectivity index (χ3v) is 9.92. The van der Waals surface area contributed by atoms with E-state index in [1.54, 1.807) is 0 Å². The molecular formula is C41H56NS+. The Morgan fingerprint density at radius 2 is 0.907 bits per heavy atom. The van der Waals surface area contributed by atoms with E-state index in [9.17, 15) is 0 Å². The number of rotatable bonds is 5. The van der Waals surface area contributed by atoms with Crippen LogP contribution in [0.5, 0.6) is 0 Å². The van der Waals surface area contributed by atoms with Crippen molar-refractivity contribution in [1.82, 2.24) is 0 Å². The van der Waals surface area contributed by atoms with Crippen molar-refractivity contribution in [3.8, 4) is 27.9 Å². The maximum atomic E-state index is 2.52. The minimum atomic E-state index is 0.0515. The fourth-order valence-electron chi connectivity index (χ4n) is 5.79. The molecule has 0 atom stereocenters. The van der Waals surface area contributed by atoms with E-state index < -0.39 is 0 Å². The molecule has 0 aliphatic carbocycles. The molecule has 0 saturated carbocycles. The molecule has 0 radical (unpaired) electrons. The normalized spacial score (nSPS) is 13.1. The van der Waals surface area contributed by atoms with Crippen LogP contribution in [0, 0.1) is 0 Å². The van der Waals surface area contributed by atoms with E-state index in [1.807, 2.05) is 11.3 Å². The molecule has 1 aromatic heterocycles. The minimum absolute atomic E-state index is 0.0515. The van der Waals surface area contributed by atoms with Gasteiger partial charge in [-0.05, 0) is 73.6 Å². The van der Waals surface area contributed by atoms with Crippen molar-refractivity contribution < 1.29 is 4.57 Å². The van der Waals surface area contributed by atoms with Crippen molar-refractivity contribution in [3.05, 3.63) is 92.9 Å². The lowest BCUT2D eigenvalue weighted by Gasteiger charge is -2.27. The Morgan fingerprint density at radius 1 is 0.535 bits per heavy atom. The SMILES string of the molecule is CCc1sc[n+](-c2c(-c3cc(C(C)(C)C)cc(C(C)(C)C)c3)cccc2-c2cc(C(C)(C)C)cc(C(C)(C)C)c2)c1CC. The molecule has 0 amide bonds. The lowest BCUT2D eigenvalue weighted by molar-refractivity contribution is -0.597. The lowest BCUT2D eigenvalue weighted by Crippen LogP contribution is -2.34.